The second-order valence-electron chi connectivity index (χ2n) is 6.02. The molecule has 3 heterocycles. The van der Waals surface area contributed by atoms with Crippen molar-refractivity contribution in [2.45, 2.75) is 6.92 Å². The Morgan fingerprint density at radius 1 is 0.923 bits per heavy atom. The number of nitrogens with zero attached hydrogens (tertiary/aromatic N) is 6. The summed E-state index contributed by atoms with van der Waals surface area (Å²) >= 11 is 6.32. The van der Waals surface area contributed by atoms with Crippen molar-refractivity contribution in [3.05, 3.63) is 71.6 Å². The molecule has 3 aromatic heterocycles. The van der Waals surface area contributed by atoms with Gasteiger partial charge in [0.2, 0.25) is 0 Å². The molecule has 0 saturated carbocycles. The van der Waals surface area contributed by atoms with Gasteiger partial charge in [0.25, 0.3) is 0 Å². The largest absolute Gasteiger partial charge is 0.264 e. The van der Waals surface area contributed by atoms with Gasteiger partial charge in [-0.25, -0.2) is 9.67 Å². The van der Waals surface area contributed by atoms with E-state index in [0.29, 0.717) is 16.5 Å². The Morgan fingerprint density at radius 2 is 1.73 bits per heavy atom. The highest BCUT2D eigenvalue weighted by Gasteiger charge is 2.17. The number of para-hydroxylation sites is 1. The van der Waals surface area contributed by atoms with Gasteiger partial charge in [0.15, 0.2) is 17.1 Å². The van der Waals surface area contributed by atoms with Crippen LogP contribution in [-0.4, -0.2) is 29.4 Å². The monoisotopic (exact) mass is 360 g/mol. The molecule has 0 amide bonds. The van der Waals surface area contributed by atoms with Crippen molar-refractivity contribution in [1.29, 1.82) is 0 Å². The molecular weight excluding hydrogens is 348 g/mol. The van der Waals surface area contributed by atoms with E-state index in [2.05, 4.69) is 20.3 Å². The van der Waals surface area contributed by atoms with E-state index < -0.39 is 0 Å². The Kier molecular flexibility index (Phi) is 3.26. The number of rotatable bonds is 2. The molecule has 0 N–H and O–H groups in total. The summed E-state index contributed by atoms with van der Waals surface area (Å²) in [7, 11) is 0. The molecular formula is C19H13ClN6. The lowest BCUT2D eigenvalue weighted by atomic mass is 10.2. The lowest BCUT2D eigenvalue weighted by Gasteiger charge is -2.06. The van der Waals surface area contributed by atoms with Crippen LogP contribution in [0.1, 0.15) is 5.56 Å². The fourth-order valence-electron chi connectivity index (χ4n) is 3.12. The quantitative estimate of drug-likeness (QED) is 0.475. The van der Waals surface area contributed by atoms with Crippen LogP contribution >= 0.6 is 11.6 Å². The number of fused-ring (bicyclic) bond motifs is 3. The van der Waals surface area contributed by atoms with Crippen LogP contribution in [-0.2, 0) is 0 Å². The summed E-state index contributed by atoms with van der Waals surface area (Å²) in [5.74, 6) is 0.656. The molecule has 0 radical (unpaired) electrons. The van der Waals surface area contributed by atoms with Gasteiger partial charge in [-0.05, 0) is 30.7 Å². The summed E-state index contributed by atoms with van der Waals surface area (Å²) < 4.78 is 3.67. The zero-order chi connectivity index (χ0) is 17.7. The average molecular weight is 361 g/mol. The smallest absolute Gasteiger partial charge is 0.175 e. The first-order chi connectivity index (χ1) is 12.7. The van der Waals surface area contributed by atoms with Gasteiger partial charge < -0.3 is 0 Å². The van der Waals surface area contributed by atoms with Gasteiger partial charge in [-0.1, -0.05) is 41.9 Å². The van der Waals surface area contributed by atoms with Gasteiger partial charge in [0.1, 0.15) is 6.33 Å². The third kappa shape index (κ3) is 2.12. The van der Waals surface area contributed by atoms with Crippen molar-refractivity contribution < 1.29 is 0 Å². The highest BCUT2D eigenvalue weighted by molar-refractivity contribution is 6.33. The third-order valence-corrected chi connectivity index (χ3v) is 4.76. The number of aromatic nitrogens is 6. The Balaban J connectivity index is 1.76. The molecule has 2 aromatic carbocycles. The van der Waals surface area contributed by atoms with Crippen molar-refractivity contribution in [2.75, 3.05) is 0 Å². The van der Waals surface area contributed by atoms with Crippen LogP contribution in [0.3, 0.4) is 0 Å². The van der Waals surface area contributed by atoms with Crippen molar-refractivity contribution >= 4 is 28.3 Å². The molecule has 0 saturated heterocycles. The molecule has 0 aliphatic heterocycles. The molecule has 5 aromatic rings. The Hall–Kier alpha value is -3.25. The second-order valence-corrected chi connectivity index (χ2v) is 6.43. The number of benzene rings is 2. The van der Waals surface area contributed by atoms with E-state index in [0.717, 1.165) is 27.8 Å². The molecule has 0 unspecified atom stereocenters. The summed E-state index contributed by atoms with van der Waals surface area (Å²) in [6.07, 6.45) is 3.49. The van der Waals surface area contributed by atoms with E-state index in [1.807, 2.05) is 64.5 Å². The molecule has 6 nitrogen and oxygen atoms in total. The SMILES string of the molecule is Cc1ccccc1-n1ncc2c1ncn1c(-c3ccccc3Cl)nnc21. The lowest BCUT2D eigenvalue weighted by molar-refractivity contribution is 0.886. The summed E-state index contributed by atoms with van der Waals surface area (Å²) in [5.41, 5.74) is 4.37. The predicted octanol–water partition coefficient (Wildman–Crippen LogP) is 4.09. The lowest BCUT2D eigenvalue weighted by Crippen LogP contribution is -2.01. The summed E-state index contributed by atoms with van der Waals surface area (Å²) in [6, 6.07) is 15.6. The maximum atomic E-state index is 6.32. The molecule has 26 heavy (non-hydrogen) atoms. The van der Waals surface area contributed by atoms with Crippen LogP contribution in [0.5, 0.6) is 0 Å². The first-order valence-corrected chi connectivity index (χ1v) is 8.50. The third-order valence-electron chi connectivity index (χ3n) is 4.43. The van der Waals surface area contributed by atoms with Crippen LogP contribution < -0.4 is 0 Å². The standard InChI is InChI=1S/C19H13ClN6/c1-12-6-2-5-9-16(12)26-17-14(10-22-26)19-24-23-18(25(19)11-21-17)13-7-3-4-8-15(13)20/h2-11H,1H3. The average Bonchev–Trinajstić information content (AvgIpc) is 3.26. The number of hydrogen-bond acceptors (Lipinski definition) is 4. The fourth-order valence-corrected chi connectivity index (χ4v) is 3.34. The fraction of sp³-hybridized carbons (Fsp3) is 0.0526. The maximum Gasteiger partial charge on any atom is 0.175 e. The minimum Gasteiger partial charge on any atom is -0.264 e. The minimum atomic E-state index is 0.623. The van der Waals surface area contributed by atoms with Crippen molar-refractivity contribution in [2.24, 2.45) is 0 Å². The molecule has 7 heteroatoms. The van der Waals surface area contributed by atoms with Gasteiger partial charge in [0, 0.05) is 5.56 Å². The molecule has 0 atom stereocenters. The van der Waals surface area contributed by atoms with Crippen molar-refractivity contribution in [3.63, 3.8) is 0 Å². The Morgan fingerprint density at radius 3 is 2.58 bits per heavy atom. The Bertz CT molecular complexity index is 1170. The Labute approximate surface area is 153 Å². The number of aryl methyl sites for hydroxylation is 1. The van der Waals surface area contributed by atoms with Crippen LogP contribution in [0.2, 0.25) is 5.02 Å². The molecule has 0 spiro atoms. The van der Waals surface area contributed by atoms with Gasteiger partial charge >= 0.3 is 0 Å². The maximum absolute atomic E-state index is 6.32. The van der Waals surface area contributed by atoms with E-state index >= 15 is 0 Å². The van der Waals surface area contributed by atoms with E-state index in [1.54, 1.807) is 12.5 Å². The molecule has 5 rings (SSSR count). The van der Waals surface area contributed by atoms with Crippen molar-refractivity contribution in [1.82, 2.24) is 29.4 Å². The highest BCUT2D eigenvalue weighted by Crippen LogP contribution is 2.28. The van der Waals surface area contributed by atoms with Crippen molar-refractivity contribution in [3.8, 4) is 17.1 Å². The first-order valence-electron chi connectivity index (χ1n) is 8.12. The molecule has 0 fully saturated rings. The molecule has 0 bridgehead atoms. The van der Waals surface area contributed by atoms with E-state index in [4.69, 9.17) is 11.6 Å². The van der Waals surface area contributed by atoms with E-state index in [9.17, 15) is 0 Å². The van der Waals surface area contributed by atoms with E-state index in [1.165, 1.54) is 0 Å². The normalized spacial score (nSPS) is 11.5. The number of hydrogen-bond donors (Lipinski definition) is 0. The summed E-state index contributed by atoms with van der Waals surface area (Å²) in [4.78, 5) is 4.62. The molecule has 0 aliphatic carbocycles. The highest BCUT2D eigenvalue weighted by atomic mass is 35.5. The van der Waals surface area contributed by atoms with Gasteiger partial charge in [-0.15, -0.1) is 10.2 Å². The first kappa shape index (κ1) is 15.0. The minimum absolute atomic E-state index is 0.623. The van der Waals surface area contributed by atoms with Gasteiger partial charge in [0.05, 0.1) is 22.3 Å². The summed E-state index contributed by atoms with van der Waals surface area (Å²) in [5, 5.41) is 14.7. The van der Waals surface area contributed by atoms with Crippen LogP contribution in [0.25, 0.3) is 33.8 Å². The van der Waals surface area contributed by atoms with Crippen LogP contribution in [0.4, 0.5) is 0 Å². The van der Waals surface area contributed by atoms with Gasteiger partial charge in [-0.2, -0.15) is 5.10 Å². The zero-order valence-corrected chi connectivity index (χ0v) is 14.6. The van der Waals surface area contributed by atoms with Crippen LogP contribution in [0, 0.1) is 6.92 Å². The second kappa shape index (κ2) is 5.64. The van der Waals surface area contributed by atoms with Gasteiger partial charge in [-0.3, -0.25) is 4.40 Å². The summed E-state index contributed by atoms with van der Waals surface area (Å²) in [6.45, 7) is 2.05. The topological polar surface area (TPSA) is 60.9 Å². The molecule has 0 aliphatic rings. The number of halogens is 1. The van der Waals surface area contributed by atoms with E-state index in [-0.39, 0.29) is 0 Å². The zero-order valence-electron chi connectivity index (χ0n) is 13.8. The van der Waals surface area contributed by atoms with Crippen LogP contribution in [0.15, 0.2) is 61.1 Å². The predicted molar refractivity (Wildman–Crippen MR) is 101 cm³/mol. The molecule has 126 valence electrons.